The largest absolute Gasteiger partial charge is 0.493 e. The molecule has 1 fully saturated rings. The second-order valence-electron chi connectivity index (χ2n) is 12.8. The average Bonchev–Trinajstić information content (AvgIpc) is 3.54. The lowest BCUT2D eigenvalue weighted by Crippen LogP contribution is -2.48. The van der Waals surface area contributed by atoms with E-state index in [0.717, 1.165) is 44.1 Å². The topological polar surface area (TPSA) is 84.9 Å². The molecule has 8 heteroatoms. The maximum absolute atomic E-state index is 14.4. The number of hydrogen-bond acceptors (Lipinski definition) is 5. The fourth-order valence-electron chi connectivity index (χ4n) is 6.88. The number of amides is 1. The third-order valence-electron chi connectivity index (χ3n) is 9.33. The van der Waals surface area contributed by atoms with E-state index in [1.54, 1.807) is 13.0 Å². The summed E-state index contributed by atoms with van der Waals surface area (Å²) in [6.07, 6.45) is 6.48. The Morgan fingerprint density at radius 2 is 1.35 bits per heavy atom. The molecule has 7 nitrogen and oxygen atoms in total. The van der Waals surface area contributed by atoms with Gasteiger partial charge in [-0.15, -0.1) is 0 Å². The molecule has 2 unspecified atom stereocenters. The molecule has 5 rings (SSSR count). The number of benzene rings is 4. The highest BCUT2D eigenvalue weighted by molar-refractivity contribution is 7.89. The summed E-state index contributed by atoms with van der Waals surface area (Å²) in [5.74, 6) is 0.599. The zero-order valence-electron chi connectivity index (χ0n) is 28.3. The summed E-state index contributed by atoms with van der Waals surface area (Å²) >= 11 is 0. The normalized spacial score (nSPS) is 16.6. The van der Waals surface area contributed by atoms with Gasteiger partial charge in [0.25, 0.3) is 0 Å². The Morgan fingerprint density at radius 1 is 0.812 bits per heavy atom. The smallest absolute Gasteiger partial charge is 0.243 e. The zero-order valence-corrected chi connectivity index (χ0v) is 29.1. The molecule has 1 aliphatic heterocycles. The van der Waals surface area contributed by atoms with Crippen LogP contribution in [0.15, 0.2) is 108 Å². The lowest BCUT2D eigenvalue weighted by molar-refractivity contribution is -0.125. The van der Waals surface area contributed by atoms with Crippen LogP contribution in [0.25, 0.3) is 0 Å². The van der Waals surface area contributed by atoms with E-state index in [9.17, 15) is 13.2 Å². The summed E-state index contributed by atoms with van der Waals surface area (Å²) in [6.45, 7) is 2.05. The molecule has 2 atom stereocenters. The highest BCUT2D eigenvalue weighted by Crippen LogP contribution is 2.37. The van der Waals surface area contributed by atoms with Gasteiger partial charge in [0.15, 0.2) is 11.5 Å². The van der Waals surface area contributed by atoms with Gasteiger partial charge < -0.3 is 14.8 Å². The number of carbonyl (C=O) groups excluding carboxylic acids is 1. The Hall–Kier alpha value is -4.14. The van der Waals surface area contributed by atoms with Crippen molar-refractivity contribution in [1.82, 2.24) is 9.62 Å². The molecule has 4 aromatic carbocycles. The van der Waals surface area contributed by atoms with Crippen LogP contribution in [-0.2, 0) is 34.1 Å². The van der Waals surface area contributed by atoms with E-state index in [0.29, 0.717) is 29.9 Å². The van der Waals surface area contributed by atoms with E-state index >= 15 is 0 Å². The summed E-state index contributed by atoms with van der Waals surface area (Å²) in [5, 5.41) is 3.33. The third kappa shape index (κ3) is 9.05. The number of aryl methyl sites for hydroxylation is 3. The number of methoxy groups -OCH3 is 2. The highest BCUT2D eigenvalue weighted by atomic mass is 32.2. The van der Waals surface area contributed by atoms with Gasteiger partial charge in [0.2, 0.25) is 15.9 Å². The van der Waals surface area contributed by atoms with Crippen LogP contribution in [0, 0.1) is 12.8 Å². The fourth-order valence-corrected chi connectivity index (χ4v) is 8.65. The summed E-state index contributed by atoms with van der Waals surface area (Å²) in [5.41, 5.74) is 4.32. The third-order valence-corrected chi connectivity index (χ3v) is 11.2. The number of hydrogen-bond donors (Lipinski definition) is 1. The maximum atomic E-state index is 14.4. The second kappa shape index (κ2) is 16.8. The van der Waals surface area contributed by atoms with Crippen LogP contribution >= 0.6 is 0 Å². The summed E-state index contributed by atoms with van der Waals surface area (Å²) in [7, 11) is -1.02. The molecule has 4 aromatic rings. The standard InChI is InChI=1S/C40H48N2O5S/c1-30-25-36(28-38(46-2)39(30)47-3)48(44,45)42-29-34(26-33-19-11-6-12-20-33)27-37(42)40(43)41-35(23-13-21-31-15-7-4-8-16-31)24-14-22-32-17-9-5-10-18-32/h4-12,15-20,25,28,34-35,37H,13-14,21-24,26-27,29H2,1-3H3,(H,41,43). The molecule has 1 N–H and O–H groups in total. The van der Waals surface area contributed by atoms with E-state index < -0.39 is 16.1 Å². The quantitative estimate of drug-likeness (QED) is 0.137. The molecule has 1 saturated heterocycles. The van der Waals surface area contributed by atoms with Crippen LogP contribution in [0.3, 0.4) is 0 Å². The maximum Gasteiger partial charge on any atom is 0.243 e. The van der Waals surface area contributed by atoms with Gasteiger partial charge in [0.1, 0.15) is 6.04 Å². The molecule has 254 valence electrons. The number of nitrogens with zero attached hydrogens (tertiary/aromatic N) is 1. The Labute approximate surface area is 286 Å². The van der Waals surface area contributed by atoms with Crippen molar-refractivity contribution in [3.8, 4) is 11.5 Å². The molecule has 0 bridgehead atoms. The average molecular weight is 669 g/mol. The molecule has 0 aliphatic carbocycles. The van der Waals surface area contributed by atoms with E-state index in [1.807, 2.05) is 30.3 Å². The molecule has 0 radical (unpaired) electrons. The number of rotatable bonds is 16. The van der Waals surface area contributed by atoms with Gasteiger partial charge in [-0.2, -0.15) is 4.31 Å². The SMILES string of the molecule is COc1cc(S(=O)(=O)N2CC(Cc3ccccc3)CC2C(=O)NC(CCCc2ccccc2)CCCc2ccccc2)cc(C)c1OC. The number of sulfonamides is 1. The predicted octanol–water partition coefficient (Wildman–Crippen LogP) is 7.16. The molecule has 1 heterocycles. The number of carbonyl (C=O) groups is 1. The van der Waals surface area contributed by atoms with Crippen molar-refractivity contribution in [1.29, 1.82) is 0 Å². The van der Waals surface area contributed by atoms with E-state index in [4.69, 9.17) is 9.47 Å². The summed E-state index contributed by atoms with van der Waals surface area (Å²) in [6, 6.07) is 33.1. The summed E-state index contributed by atoms with van der Waals surface area (Å²) < 4.78 is 41.1. The molecule has 1 amide bonds. The minimum absolute atomic E-state index is 0.00576. The van der Waals surface area contributed by atoms with Crippen molar-refractivity contribution in [2.75, 3.05) is 20.8 Å². The van der Waals surface area contributed by atoms with Crippen LogP contribution < -0.4 is 14.8 Å². The van der Waals surface area contributed by atoms with Gasteiger partial charge in [0.05, 0.1) is 19.1 Å². The Morgan fingerprint density at radius 3 is 1.88 bits per heavy atom. The van der Waals surface area contributed by atoms with Crippen LogP contribution in [0.4, 0.5) is 0 Å². The van der Waals surface area contributed by atoms with Gasteiger partial charge in [-0.3, -0.25) is 4.79 Å². The first-order valence-corrected chi connectivity index (χ1v) is 18.4. The Bertz CT molecular complexity index is 1670. The van der Waals surface area contributed by atoms with Gasteiger partial charge in [-0.05, 0) is 92.5 Å². The molecular weight excluding hydrogens is 621 g/mol. The Balaban J connectivity index is 1.37. The lowest BCUT2D eigenvalue weighted by atomic mass is 9.96. The Kier molecular flexibility index (Phi) is 12.3. The predicted molar refractivity (Wildman–Crippen MR) is 191 cm³/mol. The highest BCUT2D eigenvalue weighted by Gasteiger charge is 2.44. The lowest BCUT2D eigenvalue weighted by Gasteiger charge is -2.27. The minimum atomic E-state index is -4.04. The molecule has 48 heavy (non-hydrogen) atoms. The molecular formula is C40H48N2O5S. The molecule has 0 aromatic heterocycles. The van der Waals surface area contributed by atoms with Crippen molar-refractivity contribution in [3.63, 3.8) is 0 Å². The zero-order chi connectivity index (χ0) is 33.9. The monoisotopic (exact) mass is 668 g/mol. The van der Waals surface area contributed by atoms with Crippen molar-refractivity contribution in [2.45, 2.75) is 75.3 Å². The van der Waals surface area contributed by atoms with Crippen molar-refractivity contribution in [3.05, 3.63) is 125 Å². The first-order valence-electron chi connectivity index (χ1n) is 16.9. The van der Waals surface area contributed by atoms with Crippen molar-refractivity contribution >= 4 is 15.9 Å². The first kappa shape index (κ1) is 35.2. The fraction of sp³-hybridized carbons (Fsp3) is 0.375. The second-order valence-corrected chi connectivity index (χ2v) is 14.7. The van der Waals surface area contributed by atoms with Crippen LogP contribution in [-0.4, -0.2) is 51.5 Å². The van der Waals surface area contributed by atoms with Gasteiger partial charge in [0, 0.05) is 18.7 Å². The number of nitrogens with one attached hydrogen (secondary N) is 1. The van der Waals surface area contributed by atoms with Gasteiger partial charge >= 0.3 is 0 Å². The molecule has 1 aliphatic rings. The van der Waals surface area contributed by atoms with Crippen molar-refractivity contribution in [2.24, 2.45) is 5.92 Å². The van der Waals surface area contributed by atoms with Crippen LogP contribution in [0.1, 0.15) is 54.4 Å². The van der Waals surface area contributed by atoms with E-state index in [2.05, 4.69) is 66.0 Å². The molecule has 0 spiro atoms. The van der Waals surface area contributed by atoms with E-state index in [-0.39, 0.29) is 29.3 Å². The van der Waals surface area contributed by atoms with E-state index in [1.165, 1.54) is 35.7 Å². The minimum Gasteiger partial charge on any atom is -0.493 e. The van der Waals surface area contributed by atoms with Crippen LogP contribution in [0.5, 0.6) is 11.5 Å². The van der Waals surface area contributed by atoms with Crippen LogP contribution in [0.2, 0.25) is 0 Å². The van der Waals surface area contributed by atoms with Gasteiger partial charge in [-0.1, -0.05) is 91.0 Å². The van der Waals surface area contributed by atoms with Gasteiger partial charge in [-0.25, -0.2) is 8.42 Å². The molecule has 0 saturated carbocycles. The number of ether oxygens (including phenoxy) is 2. The summed E-state index contributed by atoms with van der Waals surface area (Å²) in [4.78, 5) is 14.3. The first-order chi connectivity index (χ1) is 23.3. The van der Waals surface area contributed by atoms with Crippen molar-refractivity contribution < 1.29 is 22.7 Å².